The summed E-state index contributed by atoms with van der Waals surface area (Å²) in [5, 5.41) is 15.6. The maximum Gasteiger partial charge on any atom is 0.255 e. The number of anilines is 2. The van der Waals surface area contributed by atoms with Crippen molar-refractivity contribution in [2.45, 2.75) is 39.3 Å². The number of nitrogens with zero attached hydrogens (tertiary/aromatic N) is 1. The summed E-state index contributed by atoms with van der Waals surface area (Å²) in [4.78, 5) is 27.3. The number of aliphatic hydroxyl groups excluding tert-OH is 1. The van der Waals surface area contributed by atoms with Gasteiger partial charge in [-0.05, 0) is 49.1 Å². The van der Waals surface area contributed by atoms with E-state index in [0.29, 0.717) is 17.7 Å². The van der Waals surface area contributed by atoms with E-state index in [1.807, 2.05) is 63.1 Å². The Morgan fingerprint density at radius 1 is 1.24 bits per heavy atom. The van der Waals surface area contributed by atoms with Gasteiger partial charge in [-0.2, -0.15) is 0 Å². The first-order chi connectivity index (χ1) is 13.8. The Bertz CT molecular complexity index is 893. The molecule has 0 spiro atoms. The lowest BCUT2D eigenvalue weighted by Gasteiger charge is -2.37. The monoisotopic (exact) mass is 395 g/mol. The van der Waals surface area contributed by atoms with Crippen LogP contribution in [0.3, 0.4) is 0 Å². The smallest absolute Gasteiger partial charge is 0.255 e. The van der Waals surface area contributed by atoms with Crippen molar-refractivity contribution in [3.05, 3.63) is 59.2 Å². The first kappa shape index (κ1) is 20.9. The van der Waals surface area contributed by atoms with Gasteiger partial charge >= 0.3 is 0 Å². The molecular weight excluding hydrogens is 366 g/mol. The van der Waals surface area contributed by atoms with Crippen LogP contribution in [0.15, 0.2) is 42.5 Å². The van der Waals surface area contributed by atoms with Gasteiger partial charge in [-0.25, -0.2) is 0 Å². The van der Waals surface area contributed by atoms with E-state index < -0.39 is 0 Å². The molecule has 6 heteroatoms. The van der Waals surface area contributed by atoms with Gasteiger partial charge in [0, 0.05) is 24.0 Å². The zero-order valence-corrected chi connectivity index (χ0v) is 17.4. The molecule has 3 N–H and O–H groups in total. The molecule has 1 aliphatic heterocycles. The summed E-state index contributed by atoms with van der Waals surface area (Å²) in [6, 6.07) is 12.4. The molecule has 0 saturated carbocycles. The SMILES string of the molecule is Cc1ccc(C(=O)Nc2ccc3c(c2)N(C)C(C(C)C)C(=O)N[C@H](CO)C3)cc1. The van der Waals surface area contributed by atoms with Crippen molar-refractivity contribution in [2.24, 2.45) is 5.92 Å². The van der Waals surface area contributed by atoms with Gasteiger partial charge in [0.25, 0.3) is 5.91 Å². The van der Waals surface area contributed by atoms with Gasteiger partial charge in [0.15, 0.2) is 0 Å². The van der Waals surface area contributed by atoms with Crippen LogP contribution in [0.5, 0.6) is 0 Å². The number of hydrogen-bond donors (Lipinski definition) is 3. The molecule has 0 saturated heterocycles. The number of hydrogen-bond acceptors (Lipinski definition) is 4. The third-order valence-electron chi connectivity index (χ3n) is 5.39. The molecule has 1 aliphatic rings. The van der Waals surface area contributed by atoms with E-state index in [9.17, 15) is 14.7 Å². The van der Waals surface area contributed by atoms with Gasteiger partial charge in [-0.1, -0.05) is 37.6 Å². The topological polar surface area (TPSA) is 81.7 Å². The number of rotatable bonds is 4. The van der Waals surface area contributed by atoms with Crippen LogP contribution in [0.4, 0.5) is 11.4 Å². The van der Waals surface area contributed by atoms with Crippen LogP contribution in [0.1, 0.15) is 35.3 Å². The summed E-state index contributed by atoms with van der Waals surface area (Å²) in [6.45, 7) is 5.86. The Morgan fingerprint density at radius 2 is 1.93 bits per heavy atom. The van der Waals surface area contributed by atoms with E-state index in [1.54, 1.807) is 12.1 Å². The van der Waals surface area contributed by atoms with Crippen molar-refractivity contribution in [1.29, 1.82) is 0 Å². The molecule has 1 heterocycles. The zero-order valence-electron chi connectivity index (χ0n) is 17.4. The third kappa shape index (κ3) is 4.59. The van der Waals surface area contributed by atoms with Crippen LogP contribution in [-0.4, -0.2) is 42.7 Å². The van der Waals surface area contributed by atoms with E-state index in [4.69, 9.17) is 0 Å². The van der Waals surface area contributed by atoms with Gasteiger partial charge in [-0.3, -0.25) is 9.59 Å². The highest BCUT2D eigenvalue weighted by atomic mass is 16.3. The highest BCUT2D eigenvalue weighted by molar-refractivity contribution is 6.04. The summed E-state index contributed by atoms with van der Waals surface area (Å²) in [5.74, 6) is -0.192. The zero-order chi connectivity index (χ0) is 21.1. The lowest BCUT2D eigenvalue weighted by molar-refractivity contribution is -0.124. The Hall–Kier alpha value is -2.86. The summed E-state index contributed by atoms with van der Waals surface area (Å²) < 4.78 is 0. The highest BCUT2D eigenvalue weighted by Crippen LogP contribution is 2.30. The number of fused-ring (bicyclic) bond motifs is 1. The van der Waals surface area contributed by atoms with Crippen molar-refractivity contribution >= 4 is 23.2 Å². The molecule has 3 rings (SSSR count). The highest BCUT2D eigenvalue weighted by Gasteiger charge is 2.32. The summed E-state index contributed by atoms with van der Waals surface area (Å²) in [6.07, 6.45) is 0.527. The first-order valence-corrected chi connectivity index (χ1v) is 9.95. The molecule has 1 unspecified atom stereocenters. The maximum absolute atomic E-state index is 12.7. The van der Waals surface area contributed by atoms with Crippen LogP contribution in [0, 0.1) is 12.8 Å². The van der Waals surface area contributed by atoms with Gasteiger partial charge in [-0.15, -0.1) is 0 Å². The van der Waals surface area contributed by atoms with Gasteiger partial charge < -0.3 is 20.6 Å². The molecule has 0 radical (unpaired) electrons. The Morgan fingerprint density at radius 3 is 2.55 bits per heavy atom. The van der Waals surface area contributed by atoms with Gasteiger partial charge in [0.1, 0.15) is 6.04 Å². The minimum atomic E-state index is -0.369. The van der Waals surface area contributed by atoms with Crippen LogP contribution >= 0.6 is 0 Å². The first-order valence-electron chi connectivity index (χ1n) is 9.95. The number of aliphatic hydroxyl groups is 1. The lowest BCUT2D eigenvalue weighted by Crippen LogP contribution is -2.54. The fraction of sp³-hybridized carbons (Fsp3) is 0.391. The van der Waals surface area contributed by atoms with E-state index in [0.717, 1.165) is 16.8 Å². The predicted octanol–water partition coefficient (Wildman–Crippen LogP) is 2.74. The van der Waals surface area contributed by atoms with Crippen LogP contribution < -0.4 is 15.5 Å². The molecule has 6 nitrogen and oxygen atoms in total. The van der Waals surface area contributed by atoms with Gasteiger partial charge in [0.05, 0.1) is 12.6 Å². The fourth-order valence-electron chi connectivity index (χ4n) is 3.84. The number of carbonyl (C=O) groups is 2. The van der Waals surface area contributed by atoms with E-state index in [1.165, 1.54) is 0 Å². The lowest BCUT2D eigenvalue weighted by atomic mass is 9.95. The number of nitrogens with one attached hydrogen (secondary N) is 2. The minimum absolute atomic E-state index is 0.0797. The Balaban J connectivity index is 1.93. The van der Waals surface area contributed by atoms with Crippen molar-refractivity contribution in [2.75, 3.05) is 23.9 Å². The van der Waals surface area contributed by atoms with Crippen LogP contribution in [0.25, 0.3) is 0 Å². The summed E-state index contributed by atoms with van der Waals surface area (Å²) in [5.41, 5.74) is 4.27. The average Bonchev–Trinajstić information content (AvgIpc) is 2.67. The van der Waals surface area contributed by atoms with Crippen molar-refractivity contribution in [3.8, 4) is 0 Å². The standard InChI is InChI=1S/C23H29N3O3/c1-14(2)21-23(29)25-19(13-27)11-17-9-10-18(12-20(17)26(21)4)24-22(28)16-7-5-15(3)6-8-16/h5-10,12,14,19,21,27H,11,13H2,1-4H3,(H,24,28)(H,25,29)/t19-,21?/m0/s1. The molecule has 0 aliphatic carbocycles. The molecular formula is C23H29N3O3. The number of amides is 2. The third-order valence-corrected chi connectivity index (χ3v) is 5.39. The Labute approximate surface area is 171 Å². The van der Waals surface area contributed by atoms with Crippen LogP contribution in [-0.2, 0) is 11.2 Å². The molecule has 2 atom stereocenters. The number of aryl methyl sites for hydroxylation is 1. The fourth-order valence-corrected chi connectivity index (χ4v) is 3.84. The number of carbonyl (C=O) groups excluding carboxylic acids is 2. The van der Waals surface area contributed by atoms with Gasteiger partial charge in [0.2, 0.25) is 5.91 Å². The maximum atomic E-state index is 12.7. The molecule has 29 heavy (non-hydrogen) atoms. The average molecular weight is 396 g/mol. The van der Waals surface area contributed by atoms with Crippen molar-refractivity contribution < 1.29 is 14.7 Å². The molecule has 0 bridgehead atoms. The normalized spacial score (nSPS) is 19.2. The van der Waals surface area contributed by atoms with Crippen molar-refractivity contribution in [1.82, 2.24) is 5.32 Å². The quantitative estimate of drug-likeness (QED) is 0.744. The number of benzene rings is 2. The second-order valence-corrected chi connectivity index (χ2v) is 8.06. The summed E-state index contributed by atoms with van der Waals surface area (Å²) >= 11 is 0. The second-order valence-electron chi connectivity index (χ2n) is 8.06. The molecule has 2 aromatic rings. The van der Waals surface area contributed by atoms with E-state index >= 15 is 0 Å². The van der Waals surface area contributed by atoms with Crippen LogP contribution in [0.2, 0.25) is 0 Å². The Kier molecular flexibility index (Phi) is 6.23. The molecule has 0 aromatic heterocycles. The number of likely N-dealkylation sites (N-methyl/N-ethyl adjacent to an activating group) is 1. The largest absolute Gasteiger partial charge is 0.394 e. The van der Waals surface area contributed by atoms with Crippen molar-refractivity contribution in [3.63, 3.8) is 0 Å². The molecule has 2 amide bonds. The molecule has 0 fully saturated rings. The van der Waals surface area contributed by atoms with E-state index in [2.05, 4.69) is 10.6 Å². The molecule has 154 valence electrons. The predicted molar refractivity (Wildman–Crippen MR) is 115 cm³/mol. The minimum Gasteiger partial charge on any atom is -0.394 e. The second kappa shape index (κ2) is 8.66. The van der Waals surface area contributed by atoms with E-state index in [-0.39, 0.29) is 36.4 Å². The molecule has 2 aromatic carbocycles. The summed E-state index contributed by atoms with van der Waals surface area (Å²) in [7, 11) is 1.90.